The monoisotopic (exact) mass is 363 g/mol. The molecular weight excluding hydrogens is 330 g/mol. The van der Waals surface area contributed by atoms with Crippen molar-refractivity contribution < 1.29 is 4.74 Å². The molecule has 2 heteroatoms. The zero-order chi connectivity index (χ0) is 19.5. The smallest absolute Gasteiger partial charge is 0.119 e. The van der Waals surface area contributed by atoms with E-state index in [1.54, 1.807) is 0 Å². The van der Waals surface area contributed by atoms with Gasteiger partial charge in [0.1, 0.15) is 5.75 Å². The highest BCUT2D eigenvalue weighted by Crippen LogP contribution is 2.22. The normalized spacial score (nSPS) is 11.4. The van der Waals surface area contributed by atoms with Gasteiger partial charge in [-0.05, 0) is 68.1 Å². The molecule has 0 bridgehead atoms. The van der Waals surface area contributed by atoms with Crippen LogP contribution in [0.3, 0.4) is 0 Å². The minimum absolute atomic E-state index is 0.793. The first-order chi connectivity index (χ1) is 13.2. The Morgan fingerprint density at radius 1 is 0.852 bits per heavy atom. The van der Waals surface area contributed by atoms with E-state index in [0.717, 1.165) is 38.3 Å². The van der Waals surface area contributed by atoms with Gasteiger partial charge in [-0.15, -0.1) is 0 Å². The molecule has 0 N–H and O–H groups in total. The van der Waals surface area contributed by atoms with Gasteiger partial charge in [0.05, 0.1) is 6.61 Å². The number of aryl methyl sites for hydroxylation is 1. The number of hydrogen-bond acceptors (Lipinski definition) is 2. The van der Waals surface area contributed by atoms with E-state index in [4.69, 9.17) is 4.74 Å². The van der Waals surface area contributed by atoms with E-state index < -0.39 is 0 Å². The van der Waals surface area contributed by atoms with Crippen molar-refractivity contribution >= 4 is 17.8 Å². The van der Waals surface area contributed by atoms with Gasteiger partial charge >= 0.3 is 0 Å². The number of nitrogens with zero attached hydrogens (tertiary/aromatic N) is 1. The van der Waals surface area contributed by atoms with Gasteiger partial charge < -0.3 is 9.64 Å². The van der Waals surface area contributed by atoms with Crippen molar-refractivity contribution in [3.8, 4) is 5.75 Å². The number of benzene rings is 2. The molecule has 0 aromatic heterocycles. The first-order valence-electron chi connectivity index (χ1n) is 10.1. The molecule has 0 fully saturated rings. The van der Waals surface area contributed by atoms with Crippen LogP contribution < -0.4 is 9.64 Å². The van der Waals surface area contributed by atoms with Gasteiger partial charge in [-0.25, -0.2) is 0 Å². The highest BCUT2D eigenvalue weighted by atomic mass is 16.5. The summed E-state index contributed by atoms with van der Waals surface area (Å²) in [5, 5.41) is 0. The van der Waals surface area contributed by atoms with Crippen molar-refractivity contribution in [1.82, 2.24) is 0 Å². The number of anilines is 1. The summed E-state index contributed by atoms with van der Waals surface area (Å²) in [6, 6.07) is 14.9. The van der Waals surface area contributed by atoms with Gasteiger partial charge in [-0.3, -0.25) is 0 Å². The predicted molar refractivity (Wildman–Crippen MR) is 120 cm³/mol. The Morgan fingerprint density at radius 2 is 1.48 bits per heavy atom. The average molecular weight is 364 g/mol. The minimum atomic E-state index is 0.793. The van der Waals surface area contributed by atoms with Crippen LogP contribution in [-0.2, 0) is 0 Å². The molecule has 0 unspecified atom stereocenters. The largest absolute Gasteiger partial charge is 0.494 e. The minimum Gasteiger partial charge on any atom is -0.494 e. The maximum absolute atomic E-state index is 5.70. The first kappa shape index (κ1) is 20.8. The Labute approximate surface area is 165 Å². The van der Waals surface area contributed by atoms with Crippen LogP contribution in [0, 0.1) is 6.92 Å². The number of ether oxygens (including phenoxy) is 1. The molecule has 2 rings (SSSR count). The number of unbranched alkanes of at least 4 members (excludes halogenated alkanes) is 1. The molecule has 2 aromatic rings. The summed E-state index contributed by atoms with van der Waals surface area (Å²) in [7, 11) is 0. The number of hydrogen-bond donors (Lipinski definition) is 0. The molecule has 0 aliphatic heterocycles. The lowest BCUT2D eigenvalue weighted by molar-refractivity contribution is 0.309. The van der Waals surface area contributed by atoms with E-state index in [1.807, 2.05) is 12.1 Å². The Kier molecular flexibility index (Phi) is 8.70. The lowest BCUT2D eigenvalue weighted by Gasteiger charge is -2.23. The van der Waals surface area contributed by atoms with Crippen LogP contribution in [0.5, 0.6) is 5.75 Å². The van der Waals surface area contributed by atoms with E-state index in [2.05, 4.69) is 87.2 Å². The quantitative estimate of drug-likeness (QED) is 0.342. The Bertz CT molecular complexity index is 739. The van der Waals surface area contributed by atoms with Gasteiger partial charge in [0.2, 0.25) is 0 Å². The Balaban J connectivity index is 1.93. The summed E-state index contributed by atoms with van der Waals surface area (Å²) in [6.07, 6.45) is 10.7. The second-order valence-corrected chi connectivity index (χ2v) is 6.71. The molecule has 0 amide bonds. The highest BCUT2D eigenvalue weighted by Gasteiger charge is 2.04. The molecule has 144 valence electrons. The molecule has 0 heterocycles. The van der Waals surface area contributed by atoms with E-state index in [1.165, 1.54) is 22.4 Å². The van der Waals surface area contributed by atoms with Gasteiger partial charge in [-0.2, -0.15) is 0 Å². The van der Waals surface area contributed by atoms with Crippen molar-refractivity contribution in [3.05, 3.63) is 71.3 Å². The highest BCUT2D eigenvalue weighted by molar-refractivity contribution is 5.62. The first-order valence-corrected chi connectivity index (χ1v) is 10.1. The lowest BCUT2D eigenvalue weighted by atomic mass is 10.1. The van der Waals surface area contributed by atoms with Crippen LogP contribution in [-0.4, -0.2) is 19.7 Å². The van der Waals surface area contributed by atoms with E-state index in [0.29, 0.717) is 0 Å². The molecular formula is C25H33NO. The zero-order valence-electron chi connectivity index (χ0n) is 17.2. The second-order valence-electron chi connectivity index (χ2n) is 6.71. The maximum atomic E-state index is 5.70. The van der Waals surface area contributed by atoms with Crippen molar-refractivity contribution in [2.24, 2.45) is 0 Å². The summed E-state index contributed by atoms with van der Waals surface area (Å²) in [5.41, 5.74) is 5.06. The predicted octanol–water partition coefficient (Wildman–Crippen LogP) is 6.75. The third-order valence-corrected chi connectivity index (χ3v) is 4.66. The summed E-state index contributed by atoms with van der Waals surface area (Å²) in [5.74, 6) is 0.944. The molecule has 2 nitrogen and oxygen atoms in total. The van der Waals surface area contributed by atoms with Crippen molar-refractivity contribution in [1.29, 1.82) is 0 Å². The summed E-state index contributed by atoms with van der Waals surface area (Å²) in [6.45, 7) is 11.6. The molecule has 0 saturated heterocycles. The van der Waals surface area contributed by atoms with E-state index >= 15 is 0 Å². The summed E-state index contributed by atoms with van der Waals surface area (Å²) in [4.78, 5) is 2.39. The maximum Gasteiger partial charge on any atom is 0.119 e. The molecule has 2 aromatic carbocycles. The van der Waals surface area contributed by atoms with Crippen molar-refractivity contribution in [2.75, 3.05) is 24.6 Å². The van der Waals surface area contributed by atoms with Crippen LogP contribution in [0.2, 0.25) is 0 Å². The van der Waals surface area contributed by atoms with E-state index in [-0.39, 0.29) is 0 Å². The number of rotatable bonds is 10. The fourth-order valence-electron chi connectivity index (χ4n) is 3.04. The molecule has 0 saturated carbocycles. The second kappa shape index (κ2) is 11.3. The molecule has 0 aliphatic rings. The summed E-state index contributed by atoms with van der Waals surface area (Å²) < 4.78 is 5.70. The molecule has 0 aliphatic carbocycles. The topological polar surface area (TPSA) is 12.5 Å². The fraction of sp³-hybridized carbons (Fsp3) is 0.360. The van der Waals surface area contributed by atoms with Crippen LogP contribution in [0.15, 0.2) is 54.6 Å². The molecule has 0 radical (unpaired) electrons. The Morgan fingerprint density at radius 3 is 2.07 bits per heavy atom. The van der Waals surface area contributed by atoms with Crippen molar-refractivity contribution in [3.63, 3.8) is 0 Å². The van der Waals surface area contributed by atoms with Crippen LogP contribution in [0.4, 0.5) is 5.69 Å². The van der Waals surface area contributed by atoms with Gasteiger partial charge in [0.15, 0.2) is 0 Å². The Hall–Kier alpha value is -2.48. The SMILES string of the molecule is CCCCOc1ccc(/C=C/C=C/c2ccc(N(CC)CC)c(C)c2)cc1. The lowest BCUT2D eigenvalue weighted by Crippen LogP contribution is -2.22. The van der Waals surface area contributed by atoms with E-state index in [9.17, 15) is 0 Å². The van der Waals surface area contributed by atoms with Crippen LogP contribution in [0.25, 0.3) is 12.2 Å². The number of allylic oxidation sites excluding steroid dienone is 2. The molecule has 0 spiro atoms. The van der Waals surface area contributed by atoms with Crippen LogP contribution >= 0.6 is 0 Å². The van der Waals surface area contributed by atoms with Crippen molar-refractivity contribution in [2.45, 2.75) is 40.5 Å². The fourth-order valence-corrected chi connectivity index (χ4v) is 3.04. The van der Waals surface area contributed by atoms with Gasteiger partial charge in [0.25, 0.3) is 0 Å². The standard InChI is InChI=1S/C25H33NO/c1-5-8-19-27-24-16-13-22(14-17-24)11-9-10-12-23-15-18-25(21(4)20-23)26(6-2)7-3/h9-18,20H,5-8,19H2,1-4H3/b11-9+,12-10+. The summed E-state index contributed by atoms with van der Waals surface area (Å²) >= 11 is 0. The third kappa shape index (κ3) is 6.63. The third-order valence-electron chi connectivity index (χ3n) is 4.66. The average Bonchev–Trinajstić information content (AvgIpc) is 2.69. The van der Waals surface area contributed by atoms with Gasteiger partial charge in [0, 0.05) is 18.8 Å². The molecule has 0 atom stereocenters. The molecule has 27 heavy (non-hydrogen) atoms. The van der Waals surface area contributed by atoms with Gasteiger partial charge in [-0.1, -0.05) is 55.8 Å². The van der Waals surface area contributed by atoms with Crippen LogP contribution in [0.1, 0.15) is 50.3 Å². The zero-order valence-corrected chi connectivity index (χ0v) is 17.2.